The predicted octanol–water partition coefficient (Wildman–Crippen LogP) is 2.17. The summed E-state index contributed by atoms with van der Waals surface area (Å²) < 4.78 is 1.15. The van der Waals surface area contributed by atoms with Crippen molar-refractivity contribution in [3.63, 3.8) is 0 Å². The van der Waals surface area contributed by atoms with Gasteiger partial charge in [-0.3, -0.25) is 15.2 Å². The monoisotopic (exact) mass is 316 g/mol. The number of halogens is 1. The smallest absolute Gasteiger partial charge is 0.246 e. The second-order valence-corrected chi connectivity index (χ2v) is 5.52. The van der Waals surface area contributed by atoms with Crippen LogP contribution in [0.2, 0.25) is 0 Å². The fourth-order valence-corrected chi connectivity index (χ4v) is 2.28. The zero-order valence-corrected chi connectivity index (χ0v) is 10.9. The van der Waals surface area contributed by atoms with E-state index in [-0.39, 0.29) is 11.3 Å². The van der Waals surface area contributed by atoms with Gasteiger partial charge in [0.15, 0.2) is 0 Å². The summed E-state index contributed by atoms with van der Waals surface area (Å²) >= 11 is 2.28. The Hall–Kier alpha value is -0.780. The molecule has 0 radical (unpaired) electrons. The minimum atomic E-state index is -0.307. The first-order chi connectivity index (χ1) is 7.00. The fourth-order valence-electron chi connectivity index (χ4n) is 1.60. The number of carbonyl (C=O) groups excluding carboxylic acids is 1. The third kappa shape index (κ3) is 1.95. The molecule has 0 unspecified atom stereocenters. The van der Waals surface area contributed by atoms with E-state index < -0.39 is 0 Å². The number of benzene rings is 1. The molecule has 0 bridgehead atoms. The molecule has 2 rings (SSSR count). The molecule has 1 aliphatic rings. The van der Waals surface area contributed by atoms with Crippen LogP contribution in [0.5, 0.6) is 0 Å². The molecule has 4 heteroatoms. The summed E-state index contributed by atoms with van der Waals surface area (Å²) in [5.41, 5.74) is 3.65. The number of hydrazine groups is 1. The van der Waals surface area contributed by atoms with E-state index >= 15 is 0 Å². The maximum absolute atomic E-state index is 11.6. The normalized spacial score (nSPS) is 19.1. The third-order valence-corrected chi connectivity index (χ3v) is 3.46. The number of anilines is 1. The minimum absolute atomic E-state index is 0.0853. The lowest BCUT2D eigenvalue weighted by molar-refractivity contribution is -0.125. The van der Waals surface area contributed by atoms with Gasteiger partial charge in [0.05, 0.1) is 17.6 Å². The van der Waals surface area contributed by atoms with Gasteiger partial charge in [-0.25, -0.2) is 0 Å². The van der Waals surface area contributed by atoms with Gasteiger partial charge in [-0.2, -0.15) is 0 Å². The largest absolute Gasteiger partial charge is 0.283 e. The lowest BCUT2D eigenvalue weighted by Crippen LogP contribution is -2.33. The van der Waals surface area contributed by atoms with Crippen LogP contribution in [0.3, 0.4) is 0 Å². The first-order valence-electron chi connectivity index (χ1n) is 4.84. The molecule has 1 amide bonds. The van der Waals surface area contributed by atoms with Crippen LogP contribution >= 0.6 is 22.6 Å². The highest BCUT2D eigenvalue weighted by Crippen LogP contribution is 2.29. The molecule has 1 aromatic carbocycles. The predicted molar refractivity (Wildman–Crippen MR) is 68.4 cm³/mol. The van der Waals surface area contributed by atoms with E-state index in [0.717, 1.165) is 9.26 Å². The Morgan fingerprint density at radius 2 is 2.07 bits per heavy atom. The van der Waals surface area contributed by atoms with Crippen molar-refractivity contribution in [3.05, 3.63) is 27.8 Å². The Morgan fingerprint density at radius 1 is 1.40 bits per heavy atom. The molecular weight excluding hydrogens is 303 g/mol. The van der Waals surface area contributed by atoms with Crippen molar-refractivity contribution in [2.45, 2.75) is 13.8 Å². The molecule has 3 nitrogen and oxygen atoms in total. The summed E-state index contributed by atoms with van der Waals surface area (Å²) in [4.78, 5) is 11.6. The second kappa shape index (κ2) is 3.66. The van der Waals surface area contributed by atoms with Crippen molar-refractivity contribution < 1.29 is 4.79 Å². The Morgan fingerprint density at radius 3 is 2.60 bits per heavy atom. The highest BCUT2D eigenvalue weighted by Gasteiger charge is 2.38. The lowest BCUT2D eigenvalue weighted by Gasteiger charge is -2.19. The summed E-state index contributed by atoms with van der Waals surface area (Å²) in [6.07, 6.45) is 0. The summed E-state index contributed by atoms with van der Waals surface area (Å²) in [6.45, 7) is 4.63. The summed E-state index contributed by atoms with van der Waals surface area (Å²) in [5, 5.41) is 1.92. The molecule has 0 saturated carbocycles. The summed E-state index contributed by atoms with van der Waals surface area (Å²) in [6, 6.07) is 8.03. The van der Waals surface area contributed by atoms with E-state index in [0.29, 0.717) is 6.54 Å². The van der Waals surface area contributed by atoms with Crippen LogP contribution in [0, 0.1) is 8.99 Å². The number of amides is 1. The molecule has 15 heavy (non-hydrogen) atoms. The molecule has 80 valence electrons. The molecule has 1 N–H and O–H groups in total. The van der Waals surface area contributed by atoms with Crippen LogP contribution in [0.25, 0.3) is 0 Å². The zero-order chi connectivity index (χ0) is 11.1. The maximum atomic E-state index is 11.6. The van der Waals surface area contributed by atoms with Gasteiger partial charge in [0.25, 0.3) is 0 Å². The summed E-state index contributed by atoms with van der Waals surface area (Å²) in [7, 11) is 0. The zero-order valence-electron chi connectivity index (χ0n) is 8.75. The van der Waals surface area contributed by atoms with E-state index in [9.17, 15) is 4.79 Å². The number of hydrogen-bond donors (Lipinski definition) is 1. The molecule has 0 aliphatic carbocycles. The molecular formula is C11H13IN2O. The third-order valence-electron chi connectivity index (χ3n) is 2.55. The fraction of sp³-hybridized carbons (Fsp3) is 0.364. The van der Waals surface area contributed by atoms with Gasteiger partial charge in [-0.05, 0) is 48.6 Å². The van der Waals surface area contributed by atoms with E-state index in [4.69, 9.17) is 0 Å². The van der Waals surface area contributed by atoms with Gasteiger partial charge in [0.1, 0.15) is 0 Å². The number of hydrogen-bond acceptors (Lipinski definition) is 2. The average Bonchev–Trinajstić information content (AvgIpc) is 2.42. The van der Waals surface area contributed by atoms with Gasteiger partial charge in [-0.15, -0.1) is 0 Å². The quantitative estimate of drug-likeness (QED) is 0.806. The van der Waals surface area contributed by atoms with Crippen molar-refractivity contribution in [2.75, 3.05) is 11.6 Å². The Bertz CT molecular complexity index is 403. The van der Waals surface area contributed by atoms with Gasteiger partial charge in [0.2, 0.25) is 5.91 Å². The van der Waals surface area contributed by atoms with Gasteiger partial charge in [-0.1, -0.05) is 12.1 Å². The van der Waals surface area contributed by atoms with Crippen LogP contribution in [0.4, 0.5) is 5.69 Å². The standard InChI is InChI=1S/C11H13IN2O/c1-11(2)7-14(13-10(11)15)9-6-4-3-5-8(9)12/h3-6H,7H2,1-2H3,(H,13,15). The van der Waals surface area contributed by atoms with Crippen molar-refractivity contribution in [1.29, 1.82) is 0 Å². The van der Waals surface area contributed by atoms with E-state index in [1.807, 2.05) is 43.1 Å². The maximum Gasteiger partial charge on any atom is 0.246 e. The molecule has 1 saturated heterocycles. The van der Waals surface area contributed by atoms with E-state index in [1.165, 1.54) is 0 Å². The van der Waals surface area contributed by atoms with E-state index in [2.05, 4.69) is 28.0 Å². The Labute approximate surface area is 103 Å². The van der Waals surface area contributed by atoms with Crippen molar-refractivity contribution in [2.24, 2.45) is 5.41 Å². The first kappa shape index (κ1) is 10.7. The van der Waals surface area contributed by atoms with Gasteiger partial charge >= 0.3 is 0 Å². The highest BCUT2D eigenvalue weighted by molar-refractivity contribution is 14.1. The molecule has 0 aromatic heterocycles. The molecule has 1 aromatic rings. The van der Waals surface area contributed by atoms with Crippen LogP contribution in [-0.2, 0) is 4.79 Å². The Balaban J connectivity index is 2.29. The van der Waals surface area contributed by atoms with Crippen molar-refractivity contribution in [3.8, 4) is 0 Å². The van der Waals surface area contributed by atoms with Gasteiger partial charge in [0, 0.05) is 3.57 Å². The lowest BCUT2D eigenvalue weighted by atomic mass is 9.94. The van der Waals surface area contributed by atoms with Crippen molar-refractivity contribution in [1.82, 2.24) is 5.43 Å². The molecule has 1 heterocycles. The number of rotatable bonds is 1. The first-order valence-corrected chi connectivity index (χ1v) is 5.92. The number of para-hydroxylation sites is 1. The second-order valence-electron chi connectivity index (χ2n) is 4.36. The molecule has 1 aliphatic heterocycles. The number of nitrogens with zero attached hydrogens (tertiary/aromatic N) is 1. The van der Waals surface area contributed by atoms with Crippen LogP contribution in [0.1, 0.15) is 13.8 Å². The topological polar surface area (TPSA) is 32.3 Å². The minimum Gasteiger partial charge on any atom is -0.283 e. The summed E-state index contributed by atoms with van der Waals surface area (Å²) in [5.74, 6) is 0.0853. The molecule has 0 atom stereocenters. The van der Waals surface area contributed by atoms with Crippen LogP contribution in [-0.4, -0.2) is 12.5 Å². The van der Waals surface area contributed by atoms with Gasteiger partial charge < -0.3 is 0 Å². The molecule has 0 spiro atoms. The SMILES string of the molecule is CC1(C)CN(c2ccccc2I)NC1=O. The number of carbonyl (C=O) groups is 1. The van der Waals surface area contributed by atoms with E-state index in [1.54, 1.807) is 0 Å². The van der Waals surface area contributed by atoms with Crippen LogP contribution < -0.4 is 10.4 Å². The van der Waals surface area contributed by atoms with Crippen LogP contribution in [0.15, 0.2) is 24.3 Å². The number of nitrogens with one attached hydrogen (secondary N) is 1. The molecule has 1 fully saturated rings. The highest BCUT2D eigenvalue weighted by atomic mass is 127. The average molecular weight is 316 g/mol. The Kier molecular flexibility index (Phi) is 2.62. The van der Waals surface area contributed by atoms with Crippen molar-refractivity contribution >= 4 is 34.2 Å².